The van der Waals surface area contributed by atoms with E-state index in [-0.39, 0.29) is 5.92 Å². The second-order valence-corrected chi connectivity index (χ2v) is 7.06. The van der Waals surface area contributed by atoms with Crippen LogP contribution >= 0.6 is 0 Å². The Bertz CT molecular complexity index is 851. The van der Waals surface area contributed by atoms with Crippen LogP contribution in [-0.4, -0.2) is 55.5 Å². The molecule has 9 heteroatoms. The lowest BCUT2D eigenvalue weighted by molar-refractivity contribution is -0.142. The van der Waals surface area contributed by atoms with Crippen LogP contribution in [0.1, 0.15) is 13.3 Å². The van der Waals surface area contributed by atoms with E-state index in [2.05, 4.69) is 22.2 Å². The normalized spacial score (nSPS) is 18.8. The highest BCUT2D eigenvalue weighted by Gasteiger charge is 2.30. The van der Waals surface area contributed by atoms with E-state index in [0.717, 1.165) is 6.54 Å². The summed E-state index contributed by atoms with van der Waals surface area (Å²) in [6, 6.07) is 5.32. The number of aliphatic carboxylic acids is 1. The molecule has 9 nitrogen and oxygen atoms in total. The van der Waals surface area contributed by atoms with Crippen LogP contribution in [0.5, 0.6) is 17.2 Å². The molecule has 1 aromatic carbocycles. The van der Waals surface area contributed by atoms with Gasteiger partial charge in [-0.1, -0.05) is 6.92 Å². The van der Waals surface area contributed by atoms with Crippen molar-refractivity contribution in [2.75, 3.05) is 44.6 Å². The standard InChI is InChI=1S/C20H26N4O5/c1-12-7-13(19(25)26)11-24(10-12)17-5-6-21-20(23-17)22-14-8-15(27-2)18(29-4)16(9-14)28-3/h5-6,8-9,12-13H,7,10-11H2,1-4H3,(H,25,26)(H,21,22,23). The fourth-order valence-corrected chi connectivity index (χ4v) is 3.59. The van der Waals surface area contributed by atoms with Crippen molar-refractivity contribution in [3.05, 3.63) is 24.4 Å². The van der Waals surface area contributed by atoms with Gasteiger partial charge in [-0.3, -0.25) is 4.79 Å². The number of nitrogens with zero attached hydrogens (tertiary/aromatic N) is 3. The summed E-state index contributed by atoms with van der Waals surface area (Å²) >= 11 is 0. The Kier molecular flexibility index (Phi) is 6.26. The number of aromatic nitrogens is 2. The third-order valence-electron chi connectivity index (χ3n) is 4.89. The van der Waals surface area contributed by atoms with Crippen molar-refractivity contribution in [1.29, 1.82) is 0 Å². The predicted molar refractivity (Wildman–Crippen MR) is 109 cm³/mol. The van der Waals surface area contributed by atoms with Crippen molar-refractivity contribution < 1.29 is 24.1 Å². The molecular weight excluding hydrogens is 376 g/mol. The fourth-order valence-electron chi connectivity index (χ4n) is 3.59. The molecule has 1 aliphatic rings. The van der Waals surface area contributed by atoms with E-state index in [4.69, 9.17) is 14.2 Å². The zero-order valence-corrected chi connectivity index (χ0v) is 17.0. The van der Waals surface area contributed by atoms with E-state index >= 15 is 0 Å². The molecular formula is C20H26N4O5. The molecule has 1 aliphatic heterocycles. The molecule has 2 aromatic rings. The summed E-state index contributed by atoms with van der Waals surface area (Å²) in [4.78, 5) is 22.3. The van der Waals surface area contributed by atoms with Crippen LogP contribution in [0, 0.1) is 11.8 Å². The number of methoxy groups -OCH3 is 3. The summed E-state index contributed by atoms with van der Waals surface area (Å²) in [5, 5.41) is 12.6. The number of hydrogen-bond donors (Lipinski definition) is 2. The van der Waals surface area contributed by atoms with E-state index in [1.807, 2.05) is 4.90 Å². The molecule has 2 N–H and O–H groups in total. The molecule has 0 saturated carbocycles. The predicted octanol–water partition coefficient (Wildman–Crippen LogP) is 2.79. The smallest absolute Gasteiger partial charge is 0.308 e. The van der Waals surface area contributed by atoms with E-state index in [9.17, 15) is 9.90 Å². The topological polar surface area (TPSA) is 106 Å². The molecule has 2 atom stereocenters. The summed E-state index contributed by atoms with van der Waals surface area (Å²) in [5.74, 6) is 1.70. The van der Waals surface area contributed by atoms with Crippen molar-refractivity contribution in [3.8, 4) is 17.2 Å². The molecule has 3 rings (SSSR count). The SMILES string of the molecule is COc1cc(Nc2nccc(N3CC(C)CC(C(=O)O)C3)n2)cc(OC)c1OC. The summed E-state index contributed by atoms with van der Waals surface area (Å²) in [6.07, 6.45) is 2.32. The molecule has 0 aliphatic carbocycles. The number of anilines is 3. The van der Waals surface area contributed by atoms with Crippen LogP contribution in [0.25, 0.3) is 0 Å². The van der Waals surface area contributed by atoms with E-state index < -0.39 is 11.9 Å². The van der Waals surface area contributed by atoms with Crippen molar-refractivity contribution in [2.24, 2.45) is 11.8 Å². The van der Waals surface area contributed by atoms with Crippen molar-refractivity contribution in [2.45, 2.75) is 13.3 Å². The molecule has 1 aromatic heterocycles. The van der Waals surface area contributed by atoms with Gasteiger partial charge in [0.05, 0.1) is 27.2 Å². The largest absolute Gasteiger partial charge is 0.493 e. The Balaban J connectivity index is 1.84. The Hall–Kier alpha value is -3.23. The van der Waals surface area contributed by atoms with Gasteiger partial charge in [0.15, 0.2) is 11.5 Å². The monoisotopic (exact) mass is 402 g/mol. The fraction of sp³-hybridized carbons (Fsp3) is 0.450. The quantitative estimate of drug-likeness (QED) is 0.723. The van der Waals surface area contributed by atoms with E-state index in [1.165, 1.54) is 0 Å². The van der Waals surface area contributed by atoms with Crippen LogP contribution in [0.15, 0.2) is 24.4 Å². The molecule has 0 radical (unpaired) electrons. The van der Waals surface area contributed by atoms with Gasteiger partial charge in [-0.05, 0) is 18.4 Å². The van der Waals surface area contributed by atoms with Crippen LogP contribution in [0.4, 0.5) is 17.5 Å². The van der Waals surface area contributed by atoms with Gasteiger partial charge in [0.1, 0.15) is 5.82 Å². The Morgan fingerprint density at radius 3 is 2.45 bits per heavy atom. The lowest BCUT2D eigenvalue weighted by Crippen LogP contribution is -2.43. The number of carbonyl (C=O) groups is 1. The summed E-state index contributed by atoms with van der Waals surface area (Å²) in [6.45, 7) is 3.24. The number of carboxylic acid groups (broad SMARTS) is 1. The van der Waals surface area contributed by atoms with Crippen molar-refractivity contribution >= 4 is 23.4 Å². The highest BCUT2D eigenvalue weighted by atomic mass is 16.5. The lowest BCUT2D eigenvalue weighted by Gasteiger charge is -2.35. The molecule has 0 spiro atoms. The first-order valence-electron chi connectivity index (χ1n) is 9.33. The minimum Gasteiger partial charge on any atom is -0.493 e. The van der Waals surface area contributed by atoms with Crippen LogP contribution in [-0.2, 0) is 4.79 Å². The van der Waals surface area contributed by atoms with Gasteiger partial charge in [0.25, 0.3) is 0 Å². The minimum absolute atomic E-state index is 0.270. The van der Waals surface area contributed by atoms with Gasteiger partial charge in [-0.15, -0.1) is 0 Å². The van der Waals surface area contributed by atoms with Gasteiger partial charge in [0, 0.05) is 37.1 Å². The Labute approximate surface area is 169 Å². The molecule has 0 amide bonds. The minimum atomic E-state index is -0.772. The molecule has 0 bridgehead atoms. The Morgan fingerprint density at radius 1 is 1.17 bits per heavy atom. The zero-order chi connectivity index (χ0) is 21.0. The lowest BCUT2D eigenvalue weighted by atomic mass is 9.90. The summed E-state index contributed by atoms with van der Waals surface area (Å²) in [7, 11) is 4.65. The molecule has 29 heavy (non-hydrogen) atoms. The average molecular weight is 402 g/mol. The highest BCUT2D eigenvalue weighted by molar-refractivity contribution is 5.71. The van der Waals surface area contributed by atoms with Gasteiger partial charge in [-0.2, -0.15) is 4.98 Å². The van der Waals surface area contributed by atoms with Gasteiger partial charge < -0.3 is 29.5 Å². The molecule has 2 unspecified atom stereocenters. The molecule has 2 heterocycles. The number of benzene rings is 1. The van der Waals surface area contributed by atoms with Gasteiger partial charge in [-0.25, -0.2) is 4.98 Å². The number of ether oxygens (including phenoxy) is 3. The Morgan fingerprint density at radius 2 is 1.86 bits per heavy atom. The zero-order valence-electron chi connectivity index (χ0n) is 17.0. The molecule has 1 saturated heterocycles. The second kappa shape index (κ2) is 8.85. The third-order valence-corrected chi connectivity index (χ3v) is 4.89. The number of rotatable bonds is 7. The van der Waals surface area contributed by atoms with Crippen molar-refractivity contribution in [3.63, 3.8) is 0 Å². The first kappa shape index (κ1) is 20.5. The number of piperidine rings is 1. The maximum absolute atomic E-state index is 11.5. The average Bonchev–Trinajstić information content (AvgIpc) is 2.72. The molecule has 1 fully saturated rings. The van der Waals surface area contributed by atoms with E-state index in [0.29, 0.717) is 47.7 Å². The van der Waals surface area contributed by atoms with E-state index in [1.54, 1.807) is 45.7 Å². The second-order valence-electron chi connectivity index (χ2n) is 7.06. The summed E-state index contributed by atoms with van der Waals surface area (Å²) in [5.41, 5.74) is 0.673. The first-order chi connectivity index (χ1) is 13.9. The first-order valence-corrected chi connectivity index (χ1v) is 9.33. The maximum atomic E-state index is 11.5. The van der Waals surface area contributed by atoms with Crippen molar-refractivity contribution in [1.82, 2.24) is 9.97 Å². The van der Waals surface area contributed by atoms with Gasteiger partial charge >= 0.3 is 5.97 Å². The highest BCUT2D eigenvalue weighted by Crippen LogP contribution is 2.40. The molecule has 156 valence electrons. The van der Waals surface area contributed by atoms with Crippen LogP contribution in [0.3, 0.4) is 0 Å². The number of nitrogens with one attached hydrogen (secondary N) is 1. The number of hydrogen-bond acceptors (Lipinski definition) is 8. The maximum Gasteiger partial charge on any atom is 0.308 e. The summed E-state index contributed by atoms with van der Waals surface area (Å²) < 4.78 is 16.1. The van der Waals surface area contributed by atoms with Crippen LogP contribution < -0.4 is 24.4 Å². The van der Waals surface area contributed by atoms with Gasteiger partial charge in [0.2, 0.25) is 11.7 Å². The van der Waals surface area contributed by atoms with Crippen LogP contribution in [0.2, 0.25) is 0 Å². The third kappa shape index (κ3) is 4.61. The number of carboxylic acids is 1.